The van der Waals surface area contributed by atoms with Crippen LogP contribution in [0.3, 0.4) is 0 Å². The summed E-state index contributed by atoms with van der Waals surface area (Å²) in [6.07, 6.45) is 1.75. The summed E-state index contributed by atoms with van der Waals surface area (Å²) in [7, 11) is 0. The second-order valence-corrected chi connectivity index (χ2v) is 6.34. The molecule has 0 aromatic heterocycles. The molecule has 0 aromatic rings. The molecular formula is C17H31NO5. The molecule has 0 bridgehead atoms. The van der Waals surface area contributed by atoms with Gasteiger partial charge in [-0.15, -0.1) is 5.06 Å². The standard InChI is InChI=1S/C15H25NO5.C2H6/c1-11(2)8-10-20-15(3,4)9-7-14(19)21-16-12(17)5-6-13(16)18;1-2/h11H,5-10H2,1-4H3;1-2H3. The predicted molar refractivity (Wildman–Crippen MR) is 87.2 cm³/mol. The van der Waals surface area contributed by atoms with Crippen molar-refractivity contribution in [2.45, 2.75) is 79.2 Å². The zero-order valence-corrected chi connectivity index (χ0v) is 15.3. The first-order valence-corrected chi connectivity index (χ1v) is 8.42. The Balaban J connectivity index is 0.00000232. The molecule has 0 saturated carbocycles. The van der Waals surface area contributed by atoms with Gasteiger partial charge in [0.1, 0.15) is 0 Å². The summed E-state index contributed by atoms with van der Waals surface area (Å²) >= 11 is 0. The van der Waals surface area contributed by atoms with Crippen molar-refractivity contribution in [3.63, 3.8) is 0 Å². The van der Waals surface area contributed by atoms with E-state index in [1.807, 2.05) is 27.7 Å². The number of nitrogens with zero attached hydrogens (tertiary/aromatic N) is 1. The molecule has 0 spiro atoms. The van der Waals surface area contributed by atoms with Crippen molar-refractivity contribution in [2.75, 3.05) is 6.61 Å². The van der Waals surface area contributed by atoms with E-state index in [9.17, 15) is 14.4 Å². The van der Waals surface area contributed by atoms with Crippen LogP contribution in [0.25, 0.3) is 0 Å². The summed E-state index contributed by atoms with van der Waals surface area (Å²) in [6.45, 7) is 12.7. The lowest BCUT2D eigenvalue weighted by atomic mass is 10.0. The third-order valence-corrected chi connectivity index (χ3v) is 3.32. The number of imide groups is 1. The van der Waals surface area contributed by atoms with Crippen molar-refractivity contribution in [3.05, 3.63) is 0 Å². The van der Waals surface area contributed by atoms with Crippen molar-refractivity contribution in [1.29, 1.82) is 0 Å². The van der Waals surface area contributed by atoms with Crippen molar-refractivity contribution >= 4 is 17.8 Å². The maximum absolute atomic E-state index is 11.7. The van der Waals surface area contributed by atoms with Crippen LogP contribution in [0.2, 0.25) is 0 Å². The molecule has 1 heterocycles. The summed E-state index contributed by atoms with van der Waals surface area (Å²) in [5.41, 5.74) is -0.438. The van der Waals surface area contributed by atoms with Crippen LogP contribution in [0.15, 0.2) is 0 Å². The van der Waals surface area contributed by atoms with Gasteiger partial charge >= 0.3 is 5.97 Å². The quantitative estimate of drug-likeness (QED) is 0.639. The van der Waals surface area contributed by atoms with Gasteiger partial charge in [-0.3, -0.25) is 9.59 Å². The van der Waals surface area contributed by atoms with Gasteiger partial charge in [0.25, 0.3) is 11.8 Å². The van der Waals surface area contributed by atoms with Crippen LogP contribution in [0.5, 0.6) is 0 Å². The fourth-order valence-corrected chi connectivity index (χ4v) is 1.85. The third-order valence-electron chi connectivity index (χ3n) is 3.32. The Bertz CT molecular complexity index is 388. The molecular weight excluding hydrogens is 298 g/mol. The van der Waals surface area contributed by atoms with Gasteiger partial charge in [-0.1, -0.05) is 27.7 Å². The molecule has 1 fully saturated rings. The van der Waals surface area contributed by atoms with Gasteiger partial charge in [0, 0.05) is 19.4 Å². The van der Waals surface area contributed by atoms with Gasteiger partial charge in [-0.2, -0.15) is 0 Å². The molecule has 0 unspecified atom stereocenters. The van der Waals surface area contributed by atoms with Crippen molar-refractivity contribution in [2.24, 2.45) is 5.92 Å². The largest absolute Gasteiger partial charge is 0.376 e. The molecule has 23 heavy (non-hydrogen) atoms. The summed E-state index contributed by atoms with van der Waals surface area (Å²) in [4.78, 5) is 39.2. The van der Waals surface area contributed by atoms with Crippen LogP contribution in [0.1, 0.15) is 73.6 Å². The lowest BCUT2D eigenvalue weighted by Gasteiger charge is -2.25. The van der Waals surface area contributed by atoms with Crippen LogP contribution in [0, 0.1) is 5.92 Å². The number of hydroxylamine groups is 2. The topological polar surface area (TPSA) is 72.9 Å². The second kappa shape index (κ2) is 10.4. The average Bonchev–Trinajstić information content (AvgIpc) is 2.79. The molecule has 1 saturated heterocycles. The zero-order valence-electron chi connectivity index (χ0n) is 15.3. The minimum absolute atomic E-state index is 0.103. The van der Waals surface area contributed by atoms with Crippen molar-refractivity contribution < 1.29 is 24.0 Å². The highest BCUT2D eigenvalue weighted by molar-refractivity contribution is 6.01. The molecule has 134 valence electrons. The summed E-state index contributed by atoms with van der Waals surface area (Å²) in [5, 5.41) is 0.578. The van der Waals surface area contributed by atoms with Gasteiger partial charge in [0.05, 0.1) is 12.0 Å². The monoisotopic (exact) mass is 329 g/mol. The molecule has 1 rings (SSSR count). The number of hydrogen-bond donors (Lipinski definition) is 0. The fraction of sp³-hybridized carbons (Fsp3) is 0.824. The highest BCUT2D eigenvalue weighted by Gasteiger charge is 2.33. The Morgan fingerprint density at radius 2 is 1.70 bits per heavy atom. The Labute approximate surface area is 139 Å². The molecule has 0 aromatic carbocycles. The number of rotatable bonds is 8. The van der Waals surface area contributed by atoms with Crippen LogP contribution in [-0.4, -0.2) is 35.1 Å². The van der Waals surface area contributed by atoms with E-state index in [-0.39, 0.29) is 19.3 Å². The third kappa shape index (κ3) is 8.69. The number of carbonyl (C=O) groups is 3. The van der Waals surface area contributed by atoms with Gasteiger partial charge < -0.3 is 9.57 Å². The summed E-state index contributed by atoms with van der Waals surface area (Å²) in [6, 6.07) is 0. The molecule has 6 heteroatoms. The molecule has 6 nitrogen and oxygen atoms in total. The van der Waals surface area contributed by atoms with Gasteiger partial charge in [0.15, 0.2) is 0 Å². The second-order valence-electron chi connectivity index (χ2n) is 6.34. The first-order chi connectivity index (χ1) is 10.7. The summed E-state index contributed by atoms with van der Waals surface area (Å²) in [5.74, 6) is -0.932. The van der Waals surface area contributed by atoms with Gasteiger partial charge in [-0.25, -0.2) is 4.79 Å². The van der Waals surface area contributed by atoms with E-state index >= 15 is 0 Å². The minimum atomic E-state index is -0.584. The van der Waals surface area contributed by atoms with Crippen LogP contribution >= 0.6 is 0 Å². The zero-order chi connectivity index (χ0) is 18.0. The number of amides is 2. The van der Waals surface area contributed by atoms with Gasteiger partial charge in [0.2, 0.25) is 0 Å². The first-order valence-electron chi connectivity index (χ1n) is 8.42. The molecule has 0 radical (unpaired) electrons. The van der Waals surface area contributed by atoms with Crippen molar-refractivity contribution in [1.82, 2.24) is 5.06 Å². The van der Waals surface area contributed by atoms with E-state index in [1.54, 1.807) is 0 Å². The average molecular weight is 329 g/mol. The summed E-state index contributed by atoms with van der Waals surface area (Å²) < 4.78 is 5.75. The number of carbonyl (C=O) groups excluding carboxylic acids is 3. The van der Waals surface area contributed by atoms with E-state index in [0.717, 1.165) is 6.42 Å². The maximum atomic E-state index is 11.7. The predicted octanol–water partition coefficient (Wildman–Crippen LogP) is 3.24. The van der Waals surface area contributed by atoms with E-state index in [0.29, 0.717) is 24.0 Å². The van der Waals surface area contributed by atoms with Crippen LogP contribution < -0.4 is 0 Å². The van der Waals surface area contributed by atoms with E-state index in [2.05, 4.69) is 13.8 Å². The van der Waals surface area contributed by atoms with Crippen LogP contribution in [-0.2, 0) is 24.0 Å². The normalized spacial score (nSPS) is 14.8. The fourth-order valence-electron chi connectivity index (χ4n) is 1.85. The molecule has 0 N–H and O–H groups in total. The van der Waals surface area contributed by atoms with Crippen molar-refractivity contribution in [3.8, 4) is 0 Å². The Hall–Kier alpha value is -1.43. The Morgan fingerprint density at radius 3 is 2.17 bits per heavy atom. The van der Waals surface area contributed by atoms with Crippen LogP contribution in [0.4, 0.5) is 0 Å². The first kappa shape index (κ1) is 21.6. The lowest BCUT2D eigenvalue weighted by molar-refractivity contribution is -0.198. The highest BCUT2D eigenvalue weighted by Crippen LogP contribution is 2.19. The molecule has 1 aliphatic heterocycles. The maximum Gasteiger partial charge on any atom is 0.333 e. The molecule has 1 aliphatic rings. The molecule has 0 atom stereocenters. The highest BCUT2D eigenvalue weighted by atomic mass is 16.7. The van der Waals surface area contributed by atoms with E-state index in [1.165, 1.54) is 0 Å². The number of ether oxygens (including phenoxy) is 1. The molecule has 2 amide bonds. The van der Waals surface area contributed by atoms with Gasteiger partial charge in [-0.05, 0) is 32.6 Å². The smallest absolute Gasteiger partial charge is 0.333 e. The molecule has 0 aliphatic carbocycles. The number of hydrogen-bond acceptors (Lipinski definition) is 5. The van der Waals surface area contributed by atoms with E-state index in [4.69, 9.17) is 9.57 Å². The Kier molecular flexibility index (Phi) is 9.72. The van der Waals surface area contributed by atoms with E-state index < -0.39 is 23.4 Å². The minimum Gasteiger partial charge on any atom is -0.376 e. The Morgan fingerprint density at radius 1 is 1.17 bits per heavy atom. The lowest BCUT2D eigenvalue weighted by Crippen LogP contribution is -2.33. The SMILES string of the molecule is CC.CC(C)CCOC(C)(C)CCC(=O)ON1C(=O)CCC1=O.